The molecule has 0 heteroatoms. The van der Waals surface area contributed by atoms with Gasteiger partial charge in [-0.1, -0.05) is 196 Å². The van der Waals surface area contributed by atoms with E-state index in [0.29, 0.717) is 0 Å². The Labute approximate surface area is 342 Å². The van der Waals surface area contributed by atoms with Crippen molar-refractivity contribution in [3.63, 3.8) is 0 Å². The number of hydrogen-bond acceptors (Lipinski definition) is 0. The van der Waals surface area contributed by atoms with Gasteiger partial charge in [-0.2, -0.15) is 0 Å². The van der Waals surface area contributed by atoms with Gasteiger partial charge in [-0.05, 0) is 143 Å². The summed E-state index contributed by atoms with van der Waals surface area (Å²) in [5.41, 5.74) is 13.0. The van der Waals surface area contributed by atoms with Gasteiger partial charge in [0, 0.05) is 5.41 Å². The van der Waals surface area contributed by atoms with Crippen LogP contribution in [-0.2, 0) is 5.41 Å². The average Bonchev–Trinajstić information content (AvgIpc) is 3.52. The van der Waals surface area contributed by atoms with Gasteiger partial charge >= 0.3 is 0 Å². The second-order valence-electron chi connectivity index (χ2n) is 17.1. The Morgan fingerprint density at radius 1 is 0.271 bits per heavy atom. The van der Waals surface area contributed by atoms with E-state index in [9.17, 15) is 0 Å². The van der Waals surface area contributed by atoms with Crippen LogP contribution in [0.3, 0.4) is 0 Å². The third-order valence-corrected chi connectivity index (χ3v) is 13.8. The molecule has 0 aliphatic heterocycles. The molecule has 0 atom stereocenters. The van der Waals surface area contributed by atoms with Crippen molar-refractivity contribution in [2.75, 3.05) is 0 Å². The predicted molar refractivity (Wildman–Crippen MR) is 254 cm³/mol. The first-order valence-electron chi connectivity index (χ1n) is 20.8. The van der Waals surface area contributed by atoms with Crippen molar-refractivity contribution in [1.82, 2.24) is 0 Å². The Balaban J connectivity index is 1.16. The smallest absolute Gasteiger partial charge is 0.0158 e. The summed E-state index contributed by atoms with van der Waals surface area (Å²) in [5, 5.41) is 18.1. The summed E-state index contributed by atoms with van der Waals surface area (Å²) in [6.07, 6.45) is 0. The summed E-state index contributed by atoms with van der Waals surface area (Å²) < 4.78 is 0. The number of benzene rings is 12. The summed E-state index contributed by atoms with van der Waals surface area (Å²) in [6.45, 7) is 4.74. The van der Waals surface area contributed by atoms with Gasteiger partial charge in [0.1, 0.15) is 0 Å². The van der Waals surface area contributed by atoms with Gasteiger partial charge in [-0.3, -0.25) is 0 Å². The molecule has 0 N–H and O–H groups in total. The third-order valence-electron chi connectivity index (χ3n) is 13.8. The van der Waals surface area contributed by atoms with Gasteiger partial charge in [-0.25, -0.2) is 0 Å². The molecule has 13 rings (SSSR count). The van der Waals surface area contributed by atoms with Gasteiger partial charge in [0.2, 0.25) is 0 Å². The highest BCUT2D eigenvalue weighted by Gasteiger charge is 2.35. The lowest BCUT2D eigenvalue weighted by atomic mass is 9.80. The number of rotatable bonds is 3. The van der Waals surface area contributed by atoms with Crippen LogP contribution >= 0.6 is 0 Å². The minimum absolute atomic E-state index is 0.0549. The maximum atomic E-state index is 2.48. The van der Waals surface area contributed by atoms with Gasteiger partial charge in [0.05, 0.1) is 0 Å². The average molecular weight is 747 g/mol. The van der Waals surface area contributed by atoms with Crippen LogP contribution in [0.15, 0.2) is 194 Å². The highest BCUT2D eigenvalue weighted by atomic mass is 14.4. The molecule has 12 aromatic carbocycles. The first-order chi connectivity index (χ1) is 29.0. The summed E-state index contributed by atoms with van der Waals surface area (Å²) in [5.74, 6) is 0. The monoisotopic (exact) mass is 746 g/mol. The zero-order chi connectivity index (χ0) is 39.0. The lowest BCUT2D eigenvalue weighted by Crippen LogP contribution is -2.14. The normalized spacial score (nSPS) is 13.4. The molecule has 0 unspecified atom stereocenters. The zero-order valence-electron chi connectivity index (χ0n) is 33.0. The minimum atomic E-state index is -0.0549. The van der Waals surface area contributed by atoms with Crippen molar-refractivity contribution >= 4 is 75.4 Å². The number of hydrogen-bond donors (Lipinski definition) is 0. The largest absolute Gasteiger partial charge is 0.0619 e. The van der Waals surface area contributed by atoms with Crippen molar-refractivity contribution in [3.8, 4) is 44.5 Å². The zero-order valence-corrected chi connectivity index (χ0v) is 33.0. The molecule has 274 valence electrons. The van der Waals surface area contributed by atoms with E-state index in [-0.39, 0.29) is 5.41 Å². The molecular formula is C59H38. The van der Waals surface area contributed by atoms with Gasteiger partial charge in [-0.15, -0.1) is 0 Å². The lowest BCUT2D eigenvalue weighted by molar-refractivity contribution is 0.660. The standard InChI is InChI=1S/C59H38/c1-59(2)53-26-8-7-18-41(53)51-34-38(28-32-54(51)59)56-42-19-5-6-20-45(42)58(50-29-27-37(33-52(50)56)40-21-9-14-35-13-3-4-17-39(35)40)49-31-30-48-44-23-11-16-36-15-10-22-43(55(36)44)46-24-12-25-47(49)57(46)48/h3-34H,1-2H3. The molecule has 12 aromatic rings. The van der Waals surface area contributed by atoms with Crippen LogP contribution in [0, 0.1) is 0 Å². The van der Waals surface area contributed by atoms with Crippen LogP contribution in [0.1, 0.15) is 25.0 Å². The van der Waals surface area contributed by atoms with Crippen LogP contribution < -0.4 is 0 Å². The minimum Gasteiger partial charge on any atom is -0.0619 e. The second-order valence-corrected chi connectivity index (χ2v) is 17.1. The molecule has 0 radical (unpaired) electrons. The van der Waals surface area contributed by atoms with Crippen molar-refractivity contribution in [3.05, 3.63) is 205 Å². The van der Waals surface area contributed by atoms with Crippen LogP contribution in [0.2, 0.25) is 0 Å². The number of fused-ring (bicyclic) bond motifs is 8. The van der Waals surface area contributed by atoms with Gasteiger partial charge in [0.15, 0.2) is 0 Å². The Kier molecular flexibility index (Phi) is 6.60. The molecule has 0 saturated heterocycles. The van der Waals surface area contributed by atoms with Crippen molar-refractivity contribution in [2.45, 2.75) is 19.3 Å². The highest BCUT2D eigenvalue weighted by molar-refractivity contribution is 6.35. The summed E-state index contributed by atoms with van der Waals surface area (Å²) in [4.78, 5) is 0. The maximum absolute atomic E-state index is 2.48. The molecule has 0 amide bonds. The third kappa shape index (κ3) is 4.44. The van der Waals surface area contributed by atoms with E-state index in [4.69, 9.17) is 0 Å². The Bertz CT molecular complexity index is 3690. The molecule has 0 bridgehead atoms. The SMILES string of the molecule is CC1(C)c2ccccc2-c2cc(-c3c4ccccc4c(-c4ccc5c6cccc7cccc(c8cccc4c85)c76)c4ccc(-c5cccc6ccccc56)cc34)ccc21. The van der Waals surface area contributed by atoms with E-state index in [1.54, 1.807) is 0 Å². The summed E-state index contributed by atoms with van der Waals surface area (Å²) >= 11 is 0. The summed E-state index contributed by atoms with van der Waals surface area (Å²) in [7, 11) is 0. The molecular weight excluding hydrogens is 709 g/mol. The first kappa shape index (κ1) is 32.8. The van der Waals surface area contributed by atoms with E-state index in [2.05, 4.69) is 208 Å². The Morgan fingerprint density at radius 2 is 0.797 bits per heavy atom. The summed E-state index contributed by atoms with van der Waals surface area (Å²) in [6, 6.07) is 73.4. The molecule has 59 heavy (non-hydrogen) atoms. The predicted octanol–water partition coefficient (Wildman–Crippen LogP) is 16.5. The second kappa shape index (κ2) is 11.9. The van der Waals surface area contributed by atoms with Gasteiger partial charge < -0.3 is 0 Å². The van der Waals surface area contributed by atoms with Gasteiger partial charge in [0.25, 0.3) is 0 Å². The highest BCUT2D eigenvalue weighted by Crippen LogP contribution is 2.53. The molecule has 1 aliphatic carbocycles. The van der Waals surface area contributed by atoms with E-state index in [0.717, 1.165) is 0 Å². The molecule has 1 aliphatic rings. The fourth-order valence-electron chi connectivity index (χ4n) is 11.2. The van der Waals surface area contributed by atoms with Crippen LogP contribution in [-0.4, -0.2) is 0 Å². The van der Waals surface area contributed by atoms with Crippen LogP contribution in [0.4, 0.5) is 0 Å². The molecule has 0 aromatic heterocycles. The lowest BCUT2D eigenvalue weighted by Gasteiger charge is -2.23. The topological polar surface area (TPSA) is 0 Å². The Hall–Kier alpha value is -7.28. The van der Waals surface area contributed by atoms with Crippen molar-refractivity contribution in [1.29, 1.82) is 0 Å². The fourth-order valence-corrected chi connectivity index (χ4v) is 11.2. The molecule has 0 heterocycles. The fraction of sp³-hybridized carbons (Fsp3) is 0.0508. The van der Waals surface area contributed by atoms with Crippen LogP contribution in [0.5, 0.6) is 0 Å². The van der Waals surface area contributed by atoms with Crippen molar-refractivity contribution in [2.24, 2.45) is 0 Å². The van der Waals surface area contributed by atoms with E-state index in [1.165, 1.54) is 131 Å². The molecule has 0 saturated carbocycles. The molecule has 0 nitrogen and oxygen atoms in total. The van der Waals surface area contributed by atoms with E-state index < -0.39 is 0 Å². The molecule has 0 spiro atoms. The first-order valence-corrected chi connectivity index (χ1v) is 20.8. The van der Waals surface area contributed by atoms with Crippen LogP contribution in [0.25, 0.3) is 120 Å². The maximum Gasteiger partial charge on any atom is 0.0158 e. The van der Waals surface area contributed by atoms with E-state index in [1.807, 2.05) is 0 Å². The van der Waals surface area contributed by atoms with Crippen molar-refractivity contribution < 1.29 is 0 Å². The molecule has 0 fully saturated rings. The quantitative estimate of drug-likeness (QED) is 0.125. The Morgan fingerprint density at radius 3 is 1.63 bits per heavy atom. The van der Waals surface area contributed by atoms with E-state index >= 15 is 0 Å².